The van der Waals surface area contributed by atoms with Crippen LogP contribution in [0.5, 0.6) is 11.5 Å². The number of anilines is 2. The Balaban J connectivity index is 1.50. The molecular weight excluding hydrogens is 673 g/mol. The minimum atomic E-state index is -0.176. The van der Waals surface area contributed by atoms with Crippen molar-refractivity contribution in [3.8, 4) is 11.5 Å². The van der Waals surface area contributed by atoms with Crippen LogP contribution in [0.4, 0.5) is 22.7 Å². The first-order valence-corrected chi connectivity index (χ1v) is 19.1. The molecule has 6 bridgehead atoms. The first-order chi connectivity index (χ1) is 26.3. The fraction of sp³-hybridized carbons (Fsp3) is 0.304. The zero-order chi connectivity index (χ0) is 37.9. The lowest BCUT2D eigenvalue weighted by Gasteiger charge is -2.19. The molecule has 7 rings (SSSR count). The summed E-state index contributed by atoms with van der Waals surface area (Å²) < 4.78 is 12.3. The van der Waals surface area contributed by atoms with Crippen molar-refractivity contribution < 1.29 is 19.1 Å². The average molecular weight is 723 g/mol. The lowest BCUT2D eigenvalue weighted by atomic mass is 9.97. The number of ether oxygens (including phenoxy) is 2. The van der Waals surface area contributed by atoms with E-state index in [4.69, 9.17) is 19.5 Å². The maximum absolute atomic E-state index is 14.5. The largest absolute Gasteiger partial charge is 0.494 e. The van der Waals surface area contributed by atoms with Crippen LogP contribution in [-0.4, -0.2) is 36.2 Å². The standard InChI is InChI=1S/C46H50N4O4/c1-31-43-32(2)48-41-25-13-14-26-42(41)50-34(4)44(33(3)49-40-24-12-11-23-39(40)47-31)46(52)36-20-18-22-38(30-36)54-28-16-10-8-6-5-7-9-15-27-53-37-21-17-19-35(29-37)45(43)51/h11-14,17-26,29-30,47,50H,5-10,15-16,27-28H2,1-4H3/b43-31-,44-34+,48-32?,49-33?. The molecule has 8 nitrogen and oxygen atoms in total. The van der Waals surface area contributed by atoms with E-state index in [0.717, 1.165) is 25.7 Å². The van der Waals surface area contributed by atoms with E-state index >= 15 is 0 Å². The second-order valence-electron chi connectivity index (χ2n) is 13.9. The number of hydrogen-bond donors (Lipinski definition) is 2. The zero-order valence-electron chi connectivity index (χ0n) is 31.8. The third-order valence-electron chi connectivity index (χ3n) is 9.73. The fourth-order valence-corrected chi connectivity index (χ4v) is 6.96. The Morgan fingerprint density at radius 3 is 1.30 bits per heavy atom. The number of ketones is 2. The molecular formula is C46H50N4O4. The summed E-state index contributed by atoms with van der Waals surface area (Å²) in [5.74, 6) is 0.984. The maximum atomic E-state index is 14.5. The number of nitrogens with one attached hydrogen (secondary N) is 2. The molecule has 0 unspecified atom stereocenters. The molecule has 3 heterocycles. The van der Waals surface area contributed by atoms with Gasteiger partial charge in [0.15, 0.2) is 11.6 Å². The summed E-state index contributed by atoms with van der Waals surface area (Å²) >= 11 is 0. The van der Waals surface area contributed by atoms with Crippen molar-refractivity contribution in [3.63, 3.8) is 0 Å². The van der Waals surface area contributed by atoms with Crippen LogP contribution in [0.3, 0.4) is 0 Å². The highest BCUT2D eigenvalue weighted by Gasteiger charge is 2.23. The van der Waals surface area contributed by atoms with Crippen LogP contribution >= 0.6 is 0 Å². The van der Waals surface area contributed by atoms with Crippen molar-refractivity contribution in [2.75, 3.05) is 23.8 Å². The molecule has 0 spiro atoms. The van der Waals surface area contributed by atoms with E-state index in [1.165, 1.54) is 25.7 Å². The predicted octanol–water partition coefficient (Wildman–Crippen LogP) is 11.6. The lowest BCUT2D eigenvalue weighted by molar-refractivity contribution is 0.103. The highest BCUT2D eigenvalue weighted by Crippen LogP contribution is 2.33. The van der Waals surface area contributed by atoms with Gasteiger partial charge in [-0.25, -0.2) is 0 Å². The van der Waals surface area contributed by atoms with Gasteiger partial charge in [-0.1, -0.05) is 87.1 Å². The number of fused-ring (bicyclic) bond motifs is 13. The number of para-hydroxylation sites is 4. The highest BCUT2D eigenvalue weighted by atomic mass is 16.5. The topological polar surface area (TPSA) is 101 Å². The third-order valence-corrected chi connectivity index (χ3v) is 9.73. The number of Topliss-reactive ketones (excluding diaryl/α,β-unsaturated/α-hetero) is 2. The quantitative estimate of drug-likeness (QED) is 0.187. The molecule has 0 aromatic heterocycles. The second-order valence-corrected chi connectivity index (χ2v) is 13.9. The van der Waals surface area contributed by atoms with Gasteiger partial charge in [-0.2, -0.15) is 0 Å². The van der Waals surface area contributed by atoms with Crippen LogP contribution in [0.15, 0.2) is 130 Å². The highest BCUT2D eigenvalue weighted by molar-refractivity contribution is 6.29. The van der Waals surface area contributed by atoms with E-state index in [1.807, 2.05) is 125 Å². The van der Waals surface area contributed by atoms with E-state index in [-0.39, 0.29) is 11.6 Å². The predicted molar refractivity (Wildman–Crippen MR) is 221 cm³/mol. The minimum Gasteiger partial charge on any atom is -0.494 e. The van der Waals surface area contributed by atoms with Gasteiger partial charge in [-0.3, -0.25) is 19.6 Å². The monoisotopic (exact) mass is 722 g/mol. The SMILES string of the molecule is CC1=Nc2ccccc2N/C(C)=C2/C(=O)c3cccc(c3)OCCCCCCCCCCOc3cccc(c3)C(=O)/C1=C(/C)Nc1ccccc1N=C2C. The molecule has 0 aliphatic carbocycles. The molecule has 3 aliphatic heterocycles. The number of nitrogens with zero attached hydrogens (tertiary/aromatic N) is 2. The van der Waals surface area contributed by atoms with Gasteiger partial charge in [0.1, 0.15) is 11.5 Å². The Kier molecular flexibility index (Phi) is 12.9. The molecule has 0 fully saturated rings. The maximum Gasteiger partial charge on any atom is 0.196 e. The van der Waals surface area contributed by atoms with Crippen molar-refractivity contribution in [2.45, 2.75) is 79.1 Å². The van der Waals surface area contributed by atoms with Gasteiger partial charge in [-0.05, 0) is 89.1 Å². The van der Waals surface area contributed by atoms with Crippen molar-refractivity contribution in [3.05, 3.63) is 131 Å². The smallest absolute Gasteiger partial charge is 0.196 e. The second kappa shape index (κ2) is 18.3. The number of aliphatic imine (C=N–C) groups is 2. The van der Waals surface area contributed by atoms with Crippen molar-refractivity contribution in [2.24, 2.45) is 9.98 Å². The summed E-state index contributed by atoms with van der Waals surface area (Å²) in [5, 5.41) is 6.98. The lowest BCUT2D eigenvalue weighted by Crippen LogP contribution is -2.18. The molecule has 0 amide bonds. The molecule has 3 aliphatic rings. The molecule has 278 valence electrons. The molecule has 0 saturated heterocycles. The number of benzene rings is 4. The van der Waals surface area contributed by atoms with E-state index in [1.54, 1.807) is 0 Å². The van der Waals surface area contributed by atoms with Gasteiger partial charge in [0.05, 0.1) is 58.5 Å². The third kappa shape index (κ3) is 9.61. The van der Waals surface area contributed by atoms with Crippen LogP contribution in [-0.2, 0) is 0 Å². The summed E-state index contributed by atoms with van der Waals surface area (Å²) in [5.41, 5.74) is 6.79. The minimum absolute atomic E-state index is 0.176. The summed E-state index contributed by atoms with van der Waals surface area (Å²) in [6, 6.07) is 30.0. The number of carbonyl (C=O) groups is 2. The molecule has 2 N–H and O–H groups in total. The van der Waals surface area contributed by atoms with E-state index in [9.17, 15) is 9.59 Å². The Bertz CT molecular complexity index is 1980. The van der Waals surface area contributed by atoms with Gasteiger partial charge in [-0.15, -0.1) is 0 Å². The van der Waals surface area contributed by atoms with Crippen LogP contribution in [0.25, 0.3) is 0 Å². The molecule has 0 saturated carbocycles. The van der Waals surface area contributed by atoms with E-state index in [0.29, 0.717) is 92.6 Å². The average Bonchev–Trinajstić information content (AvgIpc) is 3.16. The van der Waals surface area contributed by atoms with Crippen LogP contribution in [0.1, 0.15) is 99.8 Å². The molecule has 0 radical (unpaired) electrons. The number of allylic oxidation sites excluding steroid dienone is 4. The van der Waals surface area contributed by atoms with E-state index < -0.39 is 0 Å². The van der Waals surface area contributed by atoms with Crippen LogP contribution < -0.4 is 20.1 Å². The Hall–Kier alpha value is -5.76. The van der Waals surface area contributed by atoms with E-state index in [2.05, 4.69) is 10.6 Å². The van der Waals surface area contributed by atoms with Gasteiger partial charge in [0.25, 0.3) is 0 Å². The number of hydrogen-bond acceptors (Lipinski definition) is 8. The first kappa shape index (κ1) is 38.0. The summed E-state index contributed by atoms with van der Waals surface area (Å²) in [6.45, 7) is 8.65. The van der Waals surface area contributed by atoms with Crippen LogP contribution in [0, 0.1) is 0 Å². The Morgan fingerprint density at radius 2 is 0.870 bits per heavy atom. The number of rotatable bonds is 0. The summed E-state index contributed by atoms with van der Waals surface area (Å²) in [4.78, 5) is 39.1. The normalized spacial score (nSPS) is 19.6. The van der Waals surface area contributed by atoms with Crippen molar-refractivity contribution in [1.82, 2.24) is 0 Å². The molecule has 0 atom stereocenters. The Labute approximate surface area is 319 Å². The van der Waals surface area contributed by atoms with Gasteiger partial charge in [0, 0.05) is 22.5 Å². The van der Waals surface area contributed by atoms with Crippen molar-refractivity contribution in [1.29, 1.82) is 0 Å². The zero-order valence-corrected chi connectivity index (χ0v) is 31.8. The summed E-state index contributed by atoms with van der Waals surface area (Å²) in [6.07, 6.45) is 8.83. The fourth-order valence-electron chi connectivity index (χ4n) is 6.96. The van der Waals surface area contributed by atoms with Gasteiger partial charge >= 0.3 is 0 Å². The Morgan fingerprint density at radius 1 is 0.481 bits per heavy atom. The van der Waals surface area contributed by atoms with Crippen LogP contribution in [0.2, 0.25) is 0 Å². The number of carbonyl (C=O) groups excluding carboxylic acids is 2. The summed E-state index contributed by atoms with van der Waals surface area (Å²) in [7, 11) is 0. The van der Waals surface area contributed by atoms with Gasteiger partial charge in [0.2, 0.25) is 0 Å². The molecule has 4 aromatic carbocycles. The molecule has 4 aromatic rings. The first-order valence-electron chi connectivity index (χ1n) is 19.1. The molecule has 54 heavy (non-hydrogen) atoms. The van der Waals surface area contributed by atoms with Crippen molar-refractivity contribution >= 4 is 45.7 Å². The molecule has 8 heteroatoms. The van der Waals surface area contributed by atoms with Gasteiger partial charge < -0.3 is 20.1 Å².